The van der Waals surface area contributed by atoms with Crippen molar-refractivity contribution in [1.29, 1.82) is 0 Å². The van der Waals surface area contributed by atoms with E-state index in [-0.39, 0.29) is 23.4 Å². The Kier molecular flexibility index (Phi) is 8.41. The molecule has 1 amide bonds. The van der Waals surface area contributed by atoms with Crippen LogP contribution in [0.4, 0.5) is 0 Å². The number of methoxy groups -OCH3 is 1. The summed E-state index contributed by atoms with van der Waals surface area (Å²) in [6.07, 6.45) is 3.09. The molecular weight excluding hydrogens is 614 g/mol. The summed E-state index contributed by atoms with van der Waals surface area (Å²) < 4.78 is 35.9. The van der Waals surface area contributed by atoms with Crippen LogP contribution in [0.1, 0.15) is 36.3 Å². The lowest BCUT2D eigenvalue weighted by atomic mass is 10.1. The van der Waals surface area contributed by atoms with Crippen LogP contribution in [-0.2, 0) is 16.4 Å². The molecule has 40 heavy (non-hydrogen) atoms. The van der Waals surface area contributed by atoms with Crippen LogP contribution < -0.4 is 4.74 Å². The number of carbonyl (C=O) groups is 1. The number of benzene rings is 2. The van der Waals surface area contributed by atoms with Gasteiger partial charge in [0, 0.05) is 41.1 Å². The first-order valence-electron chi connectivity index (χ1n) is 13.0. The number of amides is 1. The molecule has 2 aromatic heterocycles. The number of thiazole rings is 1. The molecule has 3 heterocycles. The van der Waals surface area contributed by atoms with Gasteiger partial charge in [0.15, 0.2) is 0 Å². The number of rotatable bonds is 8. The third kappa shape index (κ3) is 5.58. The smallest absolute Gasteiger partial charge is 0.257 e. The van der Waals surface area contributed by atoms with Crippen molar-refractivity contribution in [3.63, 3.8) is 0 Å². The summed E-state index contributed by atoms with van der Waals surface area (Å²) in [6.45, 7) is 4.71. The zero-order valence-corrected chi connectivity index (χ0v) is 25.7. The van der Waals surface area contributed by atoms with E-state index in [0.717, 1.165) is 33.6 Å². The zero-order chi connectivity index (χ0) is 28.4. The maximum Gasteiger partial charge on any atom is 0.257 e. The summed E-state index contributed by atoms with van der Waals surface area (Å²) in [5.74, 6) is 0.608. The average Bonchev–Trinajstić information content (AvgIpc) is 3.60. The lowest BCUT2D eigenvalue weighted by Crippen LogP contribution is -2.55. The molecule has 1 saturated heterocycles. The van der Waals surface area contributed by atoms with Crippen molar-refractivity contribution < 1.29 is 17.9 Å². The second kappa shape index (κ2) is 11.8. The Morgan fingerprint density at radius 3 is 2.65 bits per heavy atom. The van der Waals surface area contributed by atoms with Crippen LogP contribution in [0.15, 0.2) is 69.5 Å². The minimum atomic E-state index is -3.67. The molecule has 0 bridgehead atoms. The van der Waals surface area contributed by atoms with Gasteiger partial charge in [0.1, 0.15) is 5.75 Å². The summed E-state index contributed by atoms with van der Waals surface area (Å²) in [5.41, 5.74) is 3.07. The highest BCUT2D eigenvalue weighted by Crippen LogP contribution is 2.29. The Balaban J connectivity index is 1.36. The lowest BCUT2D eigenvalue weighted by Gasteiger charge is -2.39. The van der Waals surface area contributed by atoms with E-state index >= 15 is 0 Å². The minimum Gasteiger partial charge on any atom is -0.497 e. The fraction of sp³-hybridized carbons (Fsp3) is 0.321. The van der Waals surface area contributed by atoms with Crippen molar-refractivity contribution in [3.05, 3.63) is 75.8 Å². The van der Waals surface area contributed by atoms with Crippen LogP contribution in [-0.4, -0.2) is 71.1 Å². The maximum atomic E-state index is 13.7. The molecule has 1 aliphatic heterocycles. The first-order chi connectivity index (χ1) is 19.2. The predicted molar refractivity (Wildman–Crippen MR) is 159 cm³/mol. The van der Waals surface area contributed by atoms with E-state index in [1.807, 2.05) is 36.6 Å². The predicted octanol–water partition coefficient (Wildman–Crippen LogP) is 5.25. The van der Waals surface area contributed by atoms with Crippen molar-refractivity contribution in [3.8, 4) is 22.1 Å². The molecule has 1 atom stereocenters. The van der Waals surface area contributed by atoms with Gasteiger partial charge in [-0.15, -0.1) is 11.3 Å². The molecule has 210 valence electrons. The fourth-order valence-corrected chi connectivity index (χ4v) is 7.56. The number of aromatic nitrogens is 3. The maximum absolute atomic E-state index is 13.7. The van der Waals surface area contributed by atoms with Gasteiger partial charge in [0.25, 0.3) is 5.91 Å². The summed E-state index contributed by atoms with van der Waals surface area (Å²) in [7, 11) is -2.04. The van der Waals surface area contributed by atoms with Crippen molar-refractivity contribution in [2.45, 2.75) is 37.6 Å². The molecule has 12 heteroatoms. The molecule has 1 aliphatic rings. The van der Waals surface area contributed by atoms with Crippen LogP contribution in [0.25, 0.3) is 16.4 Å². The molecule has 0 aliphatic carbocycles. The fourth-order valence-electron chi connectivity index (χ4n) is 4.87. The van der Waals surface area contributed by atoms with Gasteiger partial charge in [-0.2, -0.15) is 9.40 Å². The minimum absolute atomic E-state index is 0.146. The zero-order valence-electron chi connectivity index (χ0n) is 22.4. The number of hydrogen-bond acceptors (Lipinski definition) is 7. The average molecular weight is 645 g/mol. The monoisotopic (exact) mass is 643 g/mol. The van der Waals surface area contributed by atoms with E-state index in [4.69, 9.17) is 9.72 Å². The van der Waals surface area contributed by atoms with E-state index in [2.05, 4.69) is 28.0 Å². The van der Waals surface area contributed by atoms with Crippen LogP contribution in [0.5, 0.6) is 5.75 Å². The Labute approximate surface area is 246 Å². The highest BCUT2D eigenvalue weighted by atomic mass is 79.9. The van der Waals surface area contributed by atoms with Crippen LogP contribution in [0.3, 0.4) is 0 Å². The molecule has 0 saturated carbocycles. The van der Waals surface area contributed by atoms with Gasteiger partial charge in [-0.25, -0.2) is 18.1 Å². The Bertz CT molecular complexity index is 1620. The normalized spacial score (nSPS) is 16.3. The Hall–Kier alpha value is -3.06. The number of carbonyl (C=O) groups excluding carboxylic acids is 1. The molecular formula is C28H30BrN5O4S2. The lowest BCUT2D eigenvalue weighted by molar-refractivity contribution is 0.0641. The van der Waals surface area contributed by atoms with Crippen molar-refractivity contribution in [1.82, 2.24) is 24.0 Å². The summed E-state index contributed by atoms with van der Waals surface area (Å²) in [6, 6.07) is 14.0. The van der Waals surface area contributed by atoms with E-state index in [1.54, 1.807) is 47.2 Å². The van der Waals surface area contributed by atoms with E-state index < -0.39 is 10.0 Å². The highest BCUT2D eigenvalue weighted by Gasteiger charge is 2.36. The molecule has 5 rings (SSSR count). The molecule has 0 N–H and O–H groups in total. The molecule has 2 aromatic carbocycles. The SMILES string of the molecule is CCCc1c(C(=O)N2CCN(S(=O)(=O)c3ccc(Br)cc3)C(C)C2)cnn1-c1nc(-c2cccc(OC)c2)cs1. The third-order valence-electron chi connectivity index (χ3n) is 6.90. The van der Waals surface area contributed by atoms with E-state index in [1.165, 1.54) is 15.6 Å². The van der Waals surface area contributed by atoms with Gasteiger partial charge in [0.05, 0.1) is 35.2 Å². The van der Waals surface area contributed by atoms with Crippen LogP contribution >= 0.6 is 27.3 Å². The molecule has 1 fully saturated rings. The van der Waals surface area contributed by atoms with Gasteiger partial charge in [-0.1, -0.05) is 41.4 Å². The highest BCUT2D eigenvalue weighted by molar-refractivity contribution is 9.10. The summed E-state index contributed by atoms with van der Waals surface area (Å²) >= 11 is 4.81. The van der Waals surface area contributed by atoms with Gasteiger partial charge in [0.2, 0.25) is 15.2 Å². The number of nitrogens with zero attached hydrogens (tertiary/aromatic N) is 5. The Morgan fingerprint density at radius 1 is 1.18 bits per heavy atom. The second-order valence-corrected chi connectivity index (χ2v) is 13.2. The number of hydrogen-bond donors (Lipinski definition) is 0. The molecule has 0 radical (unpaired) electrons. The Morgan fingerprint density at radius 2 is 1.95 bits per heavy atom. The largest absolute Gasteiger partial charge is 0.497 e. The van der Waals surface area contributed by atoms with Gasteiger partial charge >= 0.3 is 0 Å². The first kappa shape index (κ1) is 28.5. The van der Waals surface area contributed by atoms with Crippen LogP contribution in [0.2, 0.25) is 0 Å². The number of halogens is 1. The second-order valence-electron chi connectivity index (χ2n) is 9.58. The van der Waals surface area contributed by atoms with E-state index in [0.29, 0.717) is 30.2 Å². The van der Waals surface area contributed by atoms with Crippen molar-refractivity contribution >= 4 is 43.2 Å². The van der Waals surface area contributed by atoms with Gasteiger partial charge < -0.3 is 9.64 Å². The third-order valence-corrected chi connectivity index (χ3v) is 10.3. The van der Waals surface area contributed by atoms with Crippen molar-refractivity contribution in [2.75, 3.05) is 26.7 Å². The van der Waals surface area contributed by atoms with Crippen molar-refractivity contribution in [2.24, 2.45) is 0 Å². The van der Waals surface area contributed by atoms with Gasteiger partial charge in [-0.05, 0) is 49.7 Å². The topological polar surface area (TPSA) is 97.6 Å². The molecule has 4 aromatic rings. The number of piperazine rings is 1. The first-order valence-corrected chi connectivity index (χ1v) is 16.1. The molecule has 9 nitrogen and oxygen atoms in total. The summed E-state index contributed by atoms with van der Waals surface area (Å²) in [5, 5.41) is 7.21. The van der Waals surface area contributed by atoms with Crippen LogP contribution in [0, 0.1) is 0 Å². The summed E-state index contributed by atoms with van der Waals surface area (Å²) in [4.78, 5) is 20.5. The quantitative estimate of drug-likeness (QED) is 0.260. The standard InChI is InChI=1S/C28H30BrN5O4S2/c1-4-6-26-24(16-30-34(26)28-31-25(18-39-28)20-7-5-8-22(15-20)38-3)27(35)32-13-14-33(19(2)17-32)40(36,37)23-11-9-21(29)10-12-23/h5,7-12,15-16,18-19H,4,6,13-14,17H2,1-3H3. The van der Waals surface area contributed by atoms with Gasteiger partial charge in [-0.3, -0.25) is 4.79 Å². The molecule has 1 unspecified atom stereocenters. The van der Waals surface area contributed by atoms with E-state index in [9.17, 15) is 13.2 Å². The molecule has 0 spiro atoms. The number of sulfonamides is 1. The number of ether oxygens (including phenoxy) is 1.